The van der Waals surface area contributed by atoms with Crippen molar-refractivity contribution >= 4 is 15.7 Å². The number of pyridine rings is 1. The van der Waals surface area contributed by atoms with Crippen LogP contribution in [-0.4, -0.2) is 38.6 Å². The molecule has 1 aromatic rings. The van der Waals surface area contributed by atoms with Gasteiger partial charge in [-0.2, -0.15) is 0 Å². The van der Waals surface area contributed by atoms with Crippen LogP contribution in [0.4, 0.5) is 5.82 Å². The number of hydrogen-bond donors (Lipinski definition) is 1. The smallest absolute Gasteiger partial charge is 0.168 e. The summed E-state index contributed by atoms with van der Waals surface area (Å²) in [5.74, 6) is 1.55. The van der Waals surface area contributed by atoms with Crippen molar-refractivity contribution in [3.63, 3.8) is 0 Å². The zero-order chi connectivity index (χ0) is 13.4. The largest absolute Gasteiger partial charge is 0.490 e. The summed E-state index contributed by atoms with van der Waals surface area (Å²) in [6.07, 6.45) is 4.41. The number of nitrogens with one attached hydrogen (secondary N) is 1. The second kappa shape index (κ2) is 7.20. The third-order valence-electron chi connectivity index (χ3n) is 2.22. The van der Waals surface area contributed by atoms with Crippen LogP contribution in [0, 0.1) is 0 Å². The van der Waals surface area contributed by atoms with E-state index in [1.54, 1.807) is 6.20 Å². The van der Waals surface area contributed by atoms with Crippen LogP contribution in [0.5, 0.6) is 5.75 Å². The average molecular weight is 272 g/mol. The van der Waals surface area contributed by atoms with Crippen molar-refractivity contribution in [2.24, 2.45) is 0 Å². The Morgan fingerprint density at radius 2 is 2.22 bits per heavy atom. The molecule has 0 unspecified atom stereocenters. The summed E-state index contributed by atoms with van der Waals surface area (Å²) in [4.78, 5) is 4.18. The maximum absolute atomic E-state index is 11.0. The van der Waals surface area contributed by atoms with Gasteiger partial charge in [0.2, 0.25) is 0 Å². The first-order valence-corrected chi connectivity index (χ1v) is 8.08. The highest BCUT2D eigenvalue weighted by atomic mass is 32.2. The van der Waals surface area contributed by atoms with Crippen LogP contribution in [0.1, 0.15) is 19.8 Å². The van der Waals surface area contributed by atoms with Gasteiger partial charge in [-0.1, -0.05) is 6.92 Å². The summed E-state index contributed by atoms with van der Waals surface area (Å²) in [5.41, 5.74) is 0. The summed E-state index contributed by atoms with van der Waals surface area (Å²) >= 11 is 0. The Morgan fingerprint density at radius 3 is 2.89 bits per heavy atom. The molecule has 102 valence electrons. The van der Waals surface area contributed by atoms with Gasteiger partial charge in [0.15, 0.2) is 11.6 Å². The van der Waals surface area contributed by atoms with Crippen molar-refractivity contribution in [1.82, 2.24) is 4.98 Å². The molecule has 6 heteroatoms. The van der Waals surface area contributed by atoms with E-state index >= 15 is 0 Å². The molecule has 0 amide bonds. The quantitative estimate of drug-likeness (QED) is 0.730. The molecule has 0 spiro atoms. The Bertz CT molecular complexity index is 460. The Balaban J connectivity index is 2.46. The van der Waals surface area contributed by atoms with Gasteiger partial charge in [0.1, 0.15) is 9.84 Å². The van der Waals surface area contributed by atoms with Crippen molar-refractivity contribution in [1.29, 1.82) is 0 Å². The number of nitrogens with zero attached hydrogens (tertiary/aromatic N) is 1. The Labute approximate surface area is 108 Å². The van der Waals surface area contributed by atoms with E-state index in [0.717, 1.165) is 6.42 Å². The molecular formula is C12H20N2O3S. The van der Waals surface area contributed by atoms with Gasteiger partial charge in [0.25, 0.3) is 0 Å². The molecule has 0 saturated carbocycles. The first-order valence-electron chi connectivity index (χ1n) is 6.02. The number of sulfone groups is 1. The highest BCUT2D eigenvalue weighted by molar-refractivity contribution is 7.90. The maximum Gasteiger partial charge on any atom is 0.168 e. The monoisotopic (exact) mass is 272 g/mol. The summed E-state index contributed by atoms with van der Waals surface area (Å²) < 4.78 is 27.5. The lowest BCUT2D eigenvalue weighted by Crippen LogP contribution is -2.11. The fraction of sp³-hybridized carbons (Fsp3) is 0.583. The van der Waals surface area contributed by atoms with Gasteiger partial charge >= 0.3 is 0 Å². The highest BCUT2D eigenvalue weighted by Gasteiger charge is 2.05. The van der Waals surface area contributed by atoms with Gasteiger partial charge in [-0.25, -0.2) is 13.4 Å². The summed E-state index contributed by atoms with van der Waals surface area (Å²) in [5, 5.41) is 3.09. The van der Waals surface area contributed by atoms with Gasteiger partial charge in [-0.15, -0.1) is 0 Å². The molecule has 0 fully saturated rings. The minimum Gasteiger partial charge on any atom is -0.490 e. The normalized spacial score (nSPS) is 11.2. The Morgan fingerprint density at radius 1 is 1.44 bits per heavy atom. The van der Waals surface area contributed by atoms with Crippen molar-refractivity contribution in [3.8, 4) is 5.75 Å². The van der Waals surface area contributed by atoms with Crippen LogP contribution < -0.4 is 10.1 Å². The molecule has 1 heterocycles. The summed E-state index contributed by atoms with van der Waals surface area (Å²) in [7, 11) is -2.89. The zero-order valence-corrected chi connectivity index (χ0v) is 11.7. The molecule has 0 bridgehead atoms. The molecule has 0 radical (unpaired) electrons. The molecule has 1 aromatic heterocycles. The third kappa shape index (κ3) is 5.86. The van der Waals surface area contributed by atoms with E-state index in [1.807, 2.05) is 19.1 Å². The standard InChI is InChI=1S/C12H20N2O3S/c1-3-9-17-11-6-4-7-13-12(11)14-8-5-10-18(2,15)16/h4,6-7H,3,5,8-10H2,1-2H3,(H,13,14). The molecule has 0 aliphatic carbocycles. The van der Waals surface area contributed by atoms with Gasteiger partial charge in [-0.3, -0.25) is 0 Å². The Kier molecular flexibility index (Phi) is 5.91. The van der Waals surface area contributed by atoms with Crippen LogP contribution in [0.3, 0.4) is 0 Å². The fourth-order valence-corrected chi connectivity index (χ4v) is 2.06. The van der Waals surface area contributed by atoms with E-state index in [9.17, 15) is 8.42 Å². The number of rotatable bonds is 8. The molecule has 0 atom stereocenters. The van der Waals surface area contributed by atoms with E-state index < -0.39 is 9.84 Å². The van der Waals surface area contributed by atoms with Crippen molar-refractivity contribution in [2.45, 2.75) is 19.8 Å². The van der Waals surface area contributed by atoms with Crippen LogP contribution in [0.15, 0.2) is 18.3 Å². The van der Waals surface area contributed by atoms with E-state index in [0.29, 0.717) is 31.1 Å². The van der Waals surface area contributed by atoms with Crippen molar-refractivity contribution in [3.05, 3.63) is 18.3 Å². The second-order valence-electron chi connectivity index (χ2n) is 4.11. The van der Waals surface area contributed by atoms with Crippen LogP contribution >= 0.6 is 0 Å². The van der Waals surface area contributed by atoms with E-state index in [1.165, 1.54) is 6.26 Å². The highest BCUT2D eigenvalue weighted by Crippen LogP contribution is 2.20. The van der Waals surface area contributed by atoms with Gasteiger partial charge in [0.05, 0.1) is 12.4 Å². The fourth-order valence-electron chi connectivity index (χ4n) is 1.39. The number of hydrogen-bond acceptors (Lipinski definition) is 5. The predicted octanol–water partition coefficient (Wildman–Crippen LogP) is 1.72. The minimum absolute atomic E-state index is 0.179. The molecule has 1 rings (SSSR count). The lowest BCUT2D eigenvalue weighted by Gasteiger charge is -2.11. The summed E-state index contributed by atoms with van der Waals surface area (Å²) in [6.45, 7) is 3.24. The van der Waals surface area contributed by atoms with Gasteiger partial charge < -0.3 is 10.1 Å². The lowest BCUT2D eigenvalue weighted by molar-refractivity contribution is 0.318. The van der Waals surface area contributed by atoms with Gasteiger partial charge in [-0.05, 0) is 25.0 Å². The zero-order valence-electron chi connectivity index (χ0n) is 10.8. The topological polar surface area (TPSA) is 68.3 Å². The Hall–Kier alpha value is -1.30. The molecule has 18 heavy (non-hydrogen) atoms. The van der Waals surface area contributed by atoms with Crippen molar-refractivity contribution < 1.29 is 13.2 Å². The molecular weight excluding hydrogens is 252 g/mol. The predicted molar refractivity (Wildman–Crippen MR) is 72.8 cm³/mol. The van der Waals surface area contributed by atoms with E-state index in [2.05, 4.69) is 10.3 Å². The average Bonchev–Trinajstić information content (AvgIpc) is 2.32. The lowest BCUT2D eigenvalue weighted by atomic mass is 10.4. The molecule has 1 N–H and O–H groups in total. The van der Waals surface area contributed by atoms with E-state index in [4.69, 9.17) is 4.74 Å². The second-order valence-corrected chi connectivity index (χ2v) is 6.37. The van der Waals surface area contributed by atoms with Gasteiger partial charge in [0, 0.05) is 19.0 Å². The number of aromatic nitrogens is 1. The minimum atomic E-state index is -2.89. The maximum atomic E-state index is 11.0. The molecule has 0 aliphatic heterocycles. The van der Waals surface area contributed by atoms with E-state index in [-0.39, 0.29) is 5.75 Å². The molecule has 5 nitrogen and oxygen atoms in total. The molecule has 0 aromatic carbocycles. The van der Waals surface area contributed by atoms with Crippen LogP contribution in [0.25, 0.3) is 0 Å². The SMILES string of the molecule is CCCOc1cccnc1NCCCS(C)(=O)=O. The first kappa shape index (κ1) is 14.8. The van der Waals surface area contributed by atoms with Crippen molar-refractivity contribution in [2.75, 3.05) is 30.5 Å². The third-order valence-corrected chi connectivity index (χ3v) is 3.25. The van der Waals surface area contributed by atoms with Crippen LogP contribution in [0.2, 0.25) is 0 Å². The number of ether oxygens (including phenoxy) is 1. The molecule has 0 saturated heterocycles. The molecule has 0 aliphatic rings. The number of anilines is 1. The summed E-state index contributed by atoms with van der Waals surface area (Å²) in [6, 6.07) is 3.66. The van der Waals surface area contributed by atoms with Crippen LogP contribution in [-0.2, 0) is 9.84 Å². The first-order chi connectivity index (χ1) is 8.53.